The fourth-order valence-electron chi connectivity index (χ4n) is 4.50. The molecule has 2 aliphatic rings. The lowest BCUT2D eigenvalue weighted by atomic mass is 9.95. The van der Waals surface area contributed by atoms with E-state index in [4.69, 9.17) is 4.74 Å². The van der Waals surface area contributed by atoms with Crippen LogP contribution in [0.15, 0.2) is 55.2 Å². The third kappa shape index (κ3) is 3.78. The molecule has 0 spiro atoms. The van der Waals surface area contributed by atoms with Crippen LogP contribution in [0.2, 0.25) is 0 Å². The van der Waals surface area contributed by atoms with Crippen LogP contribution in [0.3, 0.4) is 0 Å². The van der Waals surface area contributed by atoms with E-state index < -0.39 is 0 Å². The van der Waals surface area contributed by atoms with Gasteiger partial charge in [-0.25, -0.2) is 0 Å². The molecular weight excluding hydrogens is 398 g/mol. The summed E-state index contributed by atoms with van der Waals surface area (Å²) in [7, 11) is 2.11. The Morgan fingerprint density at radius 2 is 2.16 bits per heavy atom. The molecule has 1 N–H and O–H groups in total. The SMILES string of the molecule is C=Cc1cc(C2(NC(=O)c3cc(OCC4CCN4C)ccc3C)CC2)c2cccnc2c1. The van der Waals surface area contributed by atoms with Crippen molar-refractivity contribution in [3.63, 3.8) is 0 Å². The van der Waals surface area contributed by atoms with Gasteiger partial charge in [-0.2, -0.15) is 0 Å². The Balaban J connectivity index is 1.40. The van der Waals surface area contributed by atoms with Gasteiger partial charge in [-0.3, -0.25) is 14.7 Å². The van der Waals surface area contributed by atoms with Crippen molar-refractivity contribution in [2.24, 2.45) is 0 Å². The highest BCUT2D eigenvalue weighted by atomic mass is 16.5. The van der Waals surface area contributed by atoms with Crippen LogP contribution in [-0.2, 0) is 5.54 Å². The monoisotopic (exact) mass is 427 g/mol. The highest BCUT2D eigenvalue weighted by Crippen LogP contribution is 2.48. The van der Waals surface area contributed by atoms with Crippen LogP contribution in [0.25, 0.3) is 17.0 Å². The van der Waals surface area contributed by atoms with Gasteiger partial charge >= 0.3 is 0 Å². The zero-order chi connectivity index (χ0) is 22.3. The number of ether oxygens (including phenoxy) is 1. The summed E-state index contributed by atoms with van der Waals surface area (Å²) in [5.74, 6) is 0.682. The molecule has 3 aromatic rings. The van der Waals surface area contributed by atoms with E-state index >= 15 is 0 Å². The van der Waals surface area contributed by atoms with Crippen LogP contribution in [0.1, 0.15) is 46.3 Å². The Labute approximate surface area is 189 Å². The molecule has 1 unspecified atom stereocenters. The summed E-state index contributed by atoms with van der Waals surface area (Å²) in [6.07, 6.45) is 6.61. The first-order valence-electron chi connectivity index (χ1n) is 11.3. The summed E-state index contributed by atoms with van der Waals surface area (Å²) in [6.45, 7) is 7.66. The molecule has 32 heavy (non-hydrogen) atoms. The summed E-state index contributed by atoms with van der Waals surface area (Å²) < 4.78 is 6.00. The number of benzene rings is 2. The number of carbonyl (C=O) groups excluding carboxylic acids is 1. The standard InChI is InChI=1S/C27H29N3O2/c1-4-19-14-24(22-6-5-12-28-25(22)15-19)27(10-11-27)29-26(31)23-16-21(8-7-18(23)2)32-17-20-9-13-30(20)3/h4-8,12,14-16,20H,1,9-11,13,17H2,2-3H3,(H,29,31). The highest BCUT2D eigenvalue weighted by molar-refractivity contribution is 5.97. The topological polar surface area (TPSA) is 54.5 Å². The molecule has 164 valence electrons. The molecule has 2 aromatic carbocycles. The van der Waals surface area contributed by atoms with E-state index in [0.29, 0.717) is 18.2 Å². The molecule has 2 fully saturated rings. The molecule has 1 atom stereocenters. The number of aromatic nitrogens is 1. The third-order valence-corrected chi connectivity index (χ3v) is 6.93. The van der Waals surface area contributed by atoms with Crippen LogP contribution in [0.4, 0.5) is 0 Å². The predicted octanol–water partition coefficient (Wildman–Crippen LogP) is 4.69. The molecule has 1 aliphatic heterocycles. The number of likely N-dealkylation sites (N-methyl/N-ethyl adjacent to an activating group) is 1. The Morgan fingerprint density at radius 1 is 1.31 bits per heavy atom. The fourth-order valence-corrected chi connectivity index (χ4v) is 4.50. The summed E-state index contributed by atoms with van der Waals surface area (Å²) >= 11 is 0. The number of fused-ring (bicyclic) bond motifs is 1. The minimum absolute atomic E-state index is 0.0627. The molecule has 0 bridgehead atoms. The van der Waals surface area contributed by atoms with Crippen molar-refractivity contribution >= 4 is 22.9 Å². The second-order valence-electron chi connectivity index (χ2n) is 9.09. The van der Waals surface area contributed by atoms with Gasteiger partial charge in [-0.15, -0.1) is 0 Å². The largest absolute Gasteiger partial charge is 0.492 e. The molecular formula is C27H29N3O2. The second-order valence-corrected chi connectivity index (χ2v) is 9.09. The molecule has 5 nitrogen and oxygen atoms in total. The maximum Gasteiger partial charge on any atom is 0.252 e. The van der Waals surface area contributed by atoms with Gasteiger partial charge < -0.3 is 10.1 Å². The number of nitrogens with one attached hydrogen (secondary N) is 1. The van der Waals surface area contributed by atoms with Gasteiger partial charge in [0.05, 0.1) is 11.1 Å². The molecule has 1 aromatic heterocycles. The van der Waals surface area contributed by atoms with E-state index in [1.54, 1.807) is 6.20 Å². The van der Waals surface area contributed by atoms with Crippen molar-refractivity contribution in [3.05, 3.63) is 77.5 Å². The third-order valence-electron chi connectivity index (χ3n) is 6.93. The highest BCUT2D eigenvalue weighted by Gasteiger charge is 2.47. The Bertz CT molecular complexity index is 1200. The van der Waals surface area contributed by atoms with Crippen LogP contribution < -0.4 is 10.1 Å². The first-order valence-corrected chi connectivity index (χ1v) is 11.3. The van der Waals surface area contributed by atoms with Crippen LogP contribution in [0, 0.1) is 6.92 Å². The first-order chi connectivity index (χ1) is 15.5. The smallest absolute Gasteiger partial charge is 0.252 e. The summed E-state index contributed by atoms with van der Waals surface area (Å²) in [5.41, 5.74) is 4.29. The average molecular weight is 428 g/mol. The lowest BCUT2D eigenvalue weighted by molar-refractivity contribution is 0.0767. The van der Waals surface area contributed by atoms with Crippen molar-refractivity contribution in [1.29, 1.82) is 0 Å². The first kappa shape index (κ1) is 20.7. The van der Waals surface area contributed by atoms with Gasteiger partial charge in [0, 0.05) is 23.2 Å². The zero-order valence-electron chi connectivity index (χ0n) is 18.7. The maximum atomic E-state index is 13.4. The number of amides is 1. The van der Waals surface area contributed by atoms with Gasteiger partial charge in [0.1, 0.15) is 12.4 Å². The van der Waals surface area contributed by atoms with Crippen molar-refractivity contribution in [2.45, 2.75) is 37.8 Å². The van der Waals surface area contributed by atoms with E-state index in [-0.39, 0.29) is 11.4 Å². The molecule has 1 aliphatic carbocycles. The predicted molar refractivity (Wildman–Crippen MR) is 128 cm³/mol. The van der Waals surface area contributed by atoms with Gasteiger partial charge in [-0.05, 0) is 86.8 Å². The maximum absolute atomic E-state index is 13.4. The molecule has 1 saturated carbocycles. The van der Waals surface area contributed by atoms with E-state index in [0.717, 1.165) is 59.2 Å². The number of pyridine rings is 1. The minimum atomic E-state index is -0.366. The van der Waals surface area contributed by atoms with Gasteiger partial charge in [0.15, 0.2) is 0 Å². The van der Waals surface area contributed by atoms with Crippen molar-refractivity contribution in [3.8, 4) is 5.75 Å². The van der Waals surface area contributed by atoms with Gasteiger partial charge in [0.2, 0.25) is 0 Å². The van der Waals surface area contributed by atoms with Crippen molar-refractivity contribution < 1.29 is 9.53 Å². The number of likely N-dealkylation sites (tertiary alicyclic amines) is 1. The minimum Gasteiger partial charge on any atom is -0.492 e. The summed E-state index contributed by atoms with van der Waals surface area (Å²) in [6, 6.07) is 14.4. The molecule has 1 amide bonds. The van der Waals surface area contributed by atoms with Crippen LogP contribution in [0.5, 0.6) is 5.75 Å². The number of aryl methyl sites for hydroxylation is 1. The van der Waals surface area contributed by atoms with Crippen LogP contribution >= 0.6 is 0 Å². The quantitative estimate of drug-likeness (QED) is 0.594. The number of hydrogen-bond donors (Lipinski definition) is 1. The second kappa shape index (κ2) is 8.06. The molecule has 1 saturated heterocycles. The molecule has 5 rings (SSSR count). The fraction of sp³-hybridized carbons (Fsp3) is 0.333. The van der Waals surface area contributed by atoms with E-state index in [1.807, 2.05) is 43.3 Å². The van der Waals surface area contributed by atoms with Crippen molar-refractivity contribution in [1.82, 2.24) is 15.2 Å². The average Bonchev–Trinajstić information content (AvgIpc) is 3.58. The molecule has 2 heterocycles. The van der Waals surface area contributed by atoms with E-state index in [9.17, 15) is 4.79 Å². The van der Waals surface area contributed by atoms with Crippen LogP contribution in [-0.4, -0.2) is 42.0 Å². The molecule has 0 radical (unpaired) electrons. The Hall–Kier alpha value is -3.18. The number of carbonyl (C=O) groups is 1. The Morgan fingerprint density at radius 3 is 2.84 bits per heavy atom. The zero-order valence-corrected chi connectivity index (χ0v) is 18.7. The molecule has 5 heteroatoms. The number of hydrogen-bond acceptors (Lipinski definition) is 4. The Kier molecular flexibility index (Phi) is 5.22. The number of nitrogens with zero attached hydrogens (tertiary/aromatic N) is 2. The number of rotatable bonds is 7. The van der Waals surface area contributed by atoms with E-state index in [2.05, 4.69) is 41.0 Å². The summed E-state index contributed by atoms with van der Waals surface area (Å²) in [4.78, 5) is 20.2. The lowest BCUT2D eigenvalue weighted by Crippen LogP contribution is -2.48. The van der Waals surface area contributed by atoms with Gasteiger partial charge in [-0.1, -0.05) is 24.8 Å². The summed E-state index contributed by atoms with van der Waals surface area (Å²) in [5, 5.41) is 4.42. The van der Waals surface area contributed by atoms with Gasteiger partial charge in [0.25, 0.3) is 5.91 Å². The lowest BCUT2D eigenvalue weighted by Gasteiger charge is -2.37. The normalized spacial score (nSPS) is 19.2. The van der Waals surface area contributed by atoms with E-state index in [1.165, 1.54) is 0 Å². The van der Waals surface area contributed by atoms with Crippen molar-refractivity contribution in [2.75, 3.05) is 20.2 Å².